The van der Waals surface area contributed by atoms with Gasteiger partial charge in [-0.2, -0.15) is 5.10 Å². The quantitative estimate of drug-likeness (QED) is 0.607. The molecule has 0 radical (unpaired) electrons. The zero-order valence-electron chi connectivity index (χ0n) is 13.1. The van der Waals surface area contributed by atoms with E-state index < -0.39 is 0 Å². The molecule has 0 fully saturated rings. The second-order valence-electron chi connectivity index (χ2n) is 5.41. The highest BCUT2D eigenvalue weighted by atomic mass is 15.3. The molecule has 3 N–H and O–H groups in total. The van der Waals surface area contributed by atoms with Crippen molar-refractivity contribution >= 4 is 0 Å². The maximum absolute atomic E-state index is 5.72. The highest BCUT2D eigenvalue weighted by Crippen LogP contribution is 2.19. The zero-order chi connectivity index (χ0) is 15.2. The molecule has 0 saturated heterocycles. The van der Waals surface area contributed by atoms with E-state index in [1.54, 1.807) is 0 Å². The first kappa shape index (κ1) is 15.7. The molecule has 5 nitrogen and oxygen atoms in total. The second kappa shape index (κ2) is 7.33. The second-order valence-corrected chi connectivity index (χ2v) is 5.41. The minimum atomic E-state index is 0.0525. The Balaban J connectivity index is 2.12. The number of hydrazine groups is 1. The molecule has 0 aliphatic heterocycles. The molecule has 2 aromatic heterocycles. The van der Waals surface area contributed by atoms with Gasteiger partial charge < -0.3 is 0 Å². The minimum Gasteiger partial charge on any atom is -0.271 e. The maximum Gasteiger partial charge on any atom is 0.0644 e. The van der Waals surface area contributed by atoms with Gasteiger partial charge in [0, 0.05) is 24.5 Å². The van der Waals surface area contributed by atoms with Crippen LogP contribution in [0.25, 0.3) is 0 Å². The molecule has 0 spiro atoms. The van der Waals surface area contributed by atoms with Gasteiger partial charge >= 0.3 is 0 Å². The van der Waals surface area contributed by atoms with Gasteiger partial charge in [-0.15, -0.1) is 0 Å². The lowest BCUT2D eigenvalue weighted by Gasteiger charge is -2.16. The molecule has 0 amide bonds. The fourth-order valence-electron chi connectivity index (χ4n) is 2.62. The highest BCUT2D eigenvalue weighted by molar-refractivity contribution is 5.21. The Morgan fingerprint density at radius 3 is 2.67 bits per heavy atom. The molecule has 1 atom stereocenters. The maximum atomic E-state index is 5.72. The van der Waals surface area contributed by atoms with Crippen molar-refractivity contribution in [1.29, 1.82) is 0 Å². The standard InChI is InChI=1S/C16H25N5/c1-4-15(5-2)21-9-7-14(20-21)11-16(19-17)13-6-8-18-12(3)10-13/h6-10,15-16,19H,4-5,11,17H2,1-3H3. The summed E-state index contributed by atoms with van der Waals surface area (Å²) < 4.78 is 2.07. The molecule has 114 valence electrons. The van der Waals surface area contributed by atoms with Crippen LogP contribution in [0.3, 0.4) is 0 Å². The normalized spacial score (nSPS) is 12.8. The van der Waals surface area contributed by atoms with E-state index in [0.717, 1.165) is 36.2 Å². The van der Waals surface area contributed by atoms with Crippen LogP contribution in [0.5, 0.6) is 0 Å². The number of hydrogen-bond donors (Lipinski definition) is 2. The molecule has 2 heterocycles. The number of pyridine rings is 1. The summed E-state index contributed by atoms with van der Waals surface area (Å²) in [6.45, 7) is 6.37. The van der Waals surface area contributed by atoms with Crippen molar-refractivity contribution in [2.75, 3.05) is 0 Å². The van der Waals surface area contributed by atoms with E-state index in [0.29, 0.717) is 6.04 Å². The zero-order valence-corrected chi connectivity index (χ0v) is 13.1. The Labute approximate surface area is 126 Å². The van der Waals surface area contributed by atoms with Crippen LogP contribution in [-0.2, 0) is 6.42 Å². The van der Waals surface area contributed by atoms with Gasteiger partial charge in [-0.1, -0.05) is 13.8 Å². The first-order valence-electron chi connectivity index (χ1n) is 7.60. The van der Waals surface area contributed by atoms with Crippen LogP contribution >= 0.6 is 0 Å². The van der Waals surface area contributed by atoms with Gasteiger partial charge in [0.25, 0.3) is 0 Å². The predicted octanol–water partition coefficient (Wildman–Crippen LogP) is 2.69. The van der Waals surface area contributed by atoms with Crippen molar-refractivity contribution in [1.82, 2.24) is 20.2 Å². The Morgan fingerprint density at radius 1 is 1.29 bits per heavy atom. The van der Waals surface area contributed by atoms with Crippen LogP contribution in [-0.4, -0.2) is 14.8 Å². The van der Waals surface area contributed by atoms with E-state index in [1.807, 2.05) is 19.2 Å². The molecular weight excluding hydrogens is 262 g/mol. The van der Waals surface area contributed by atoms with Crippen LogP contribution in [0.1, 0.15) is 55.7 Å². The van der Waals surface area contributed by atoms with Crippen LogP contribution < -0.4 is 11.3 Å². The molecular formula is C16H25N5. The number of nitrogens with one attached hydrogen (secondary N) is 1. The molecule has 0 saturated carbocycles. The van der Waals surface area contributed by atoms with Gasteiger partial charge in [0.1, 0.15) is 0 Å². The average molecular weight is 287 g/mol. The summed E-state index contributed by atoms with van der Waals surface area (Å²) in [5.41, 5.74) is 6.07. The number of nitrogens with two attached hydrogens (primary N) is 1. The van der Waals surface area contributed by atoms with E-state index in [9.17, 15) is 0 Å². The Kier molecular flexibility index (Phi) is 5.47. The Hall–Kier alpha value is -1.72. The molecule has 0 bridgehead atoms. The van der Waals surface area contributed by atoms with Crippen molar-refractivity contribution in [3.63, 3.8) is 0 Å². The lowest BCUT2D eigenvalue weighted by Crippen LogP contribution is -2.29. The van der Waals surface area contributed by atoms with Crippen molar-refractivity contribution in [3.05, 3.63) is 47.5 Å². The summed E-state index contributed by atoms with van der Waals surface area (Å²) in [6, 6.07) is 6.66. The summed E-state index contributed by atoms with van der Waals surface area (Å²) in [6.07, 6.45) is 6.85. The fraction of sp³-hybridized carbons (Fsp3) is 0.500. The van der Waals surface area contributed by atoms with E-state index in [2.05, 4.69) is 47.3 Å². The largest absolute Gasteiger partial charge is 0.271 e. The van der Waals surface area contributed by atoms with E-state index in [4.69, 9.17) is 10.9 Å². The monoisotopic (exact) mass is 287 g/mol. The lowest BCUT2D eigenvalue weighted by atomic mass is 10.0. The summed E-state index contributed by atoms with van der Waals surface area (Å²) in [7, 11) is 0. The third-order valence-corrected chi connectivity index (χ3v) is 3.92. The smallest absolute Gasteiger partial charge is 0.0644 e. The highest BCUT2D eigenvalue weighted by Gasteiger charge is 2.14. The first-order valence-corrected chi connectivity index (χ1v) is 7.60. The number of aryl methyl sites for hydroxylation is 1. The van der Waals surface area contributed by atoms with E-state index in [1.165, 1.54) is 0 Å². The summed E-state index contributed by atoms with van der Waals surface area (Å²) in [4.78, 5) is 4.22. The molecule has 2 rings (SSSR count). The SMILES string of the molecule is CCC(CC)n1ccc(CC(NN)c2ccnc(C)c2)n1. The number of hydrogen-bond acceptors (Lipinski definition) is 4. The molecule has 0 aromatic carbocycles. The van der Waals surface area contributed by atoms with Crippen LogP contribution in [0.4, 0.5) is 0 Å². The van der Waals surface area contributed by atoms with Crippen molar-refractivity contribution in [3.8, 4) is 0 Å². The van der Waals surface area contributed by atoms with Crippen LogP contribution in [0.15, 0.2) is 30.6 Å². The van der Waals surface area contributed by atoms with E-state index >= 15 is 0 Å². The van der Waals surface area contributed by atoms with Crippen molar-refractivity contribution in [2.24, 2.45) is 5.84 Å². The van der Waals surface area contributed by atoms with Crippen molar-refractivity contribution < 1.29 is 0 Å². The summed E-state index contributed by atoms with van der Waals surface area (Å²) >= 11 is 0. The number of aromatic nitrogens is 3. The summed E-state index contributed by atoms with van der Waals surface area (Å²) in [5, 5.41) is 4.69. The molecule has 5 heteroatoms. The van der Waals surface area contributed by atoms with Crippen molar-refractivity contribution in [2.45, 2.75) is 52.1 Å². The lowest BCUT2D eigenvalue weighted by molar-refractivity contribution is 0.422. The fourth-order valence-corrected chi connectivity index (χ4v) is 2.62. The van der Waals surface area contributed by atoms with Crippen LogP contribution in [0, 0.1) is 6.92 Å². The molecule has 2 aromatic rings. The predicted molar refractivity (Wildman–Crippen MR) is 84.6 cm³/mol. The first-order chi connectivity index (χ1) is 10.2. The minimum absolute atomic E-state index is 0.0525. The third kappa shape index (κ3) is 3.89. The Morgan fingerprint density at radius 2 is 2.05 bits per heavy atom. The summed E-state index contributed by atoms with van der Waals surface area (Å²) in [5.74, 6) is 5.72. The van der Waals surface area contributed by atoms with Gasteiger partial charge in [-0.3, -0.25) is 20.9 Å². The molecule has 0 aliphatic rings. The number of nitrogens with zero attached hydrogens (tertiary/aromatic N) is 3. The van der Waals surface area contributed by atoms with Gasteiger partial charge in [-0.05, 0) is 43.5 Å². The Bertz CT molecular complexity index is 559. The third-order valence-electron chi connectivity index (χ3n) is 3.92. The topological polar surface area (TPSA) is 68.8 Å². The number of rotatable bonds is 7. The molecule has 1 unspecified atom stereocenters. The van der Waals surface area contributed by atoms with E-state index in [-0.39, 0.29) is 6.04 Å². The van der Waals surface area contributed by atoms with Gasteiger partial charge in [0.05, 0.1) is 17.8 Å². The van der Waals surface area contributed by atoms with Crippen LogP contribution in [0.2, 0.25) is 0 Å². The molecule has 0 aliphatic carbocycles. The van der Waals surface area contributed by atoms with Gasteiger partial charge in [0.2, 0.25) is 0 Å². The molecule has 21 heavy (non-hydrogen) atoms. The average Bonchev–Trinajstić information content (AvgIpc) is 2.94. The van der Waals surface area contributed by atoms with Gasteiger partial charge in [-0.25, -0.2) is 0 Å². The van der Waals surface area contributed by atoms with Gasteiger partial charge in [0.15, 0.2) is 0 Å².